The molecular formula is C19H19F2N3O2. The molecule has 0 aliphatic heterocycles. The summed E-state index contributed by atoms with van der Waals surface area (Å²) < 4.78 is 29.8. The van der Waals surface area contributed by atoms with Gasteiger partial charge < -0.3 is 4.90 Å². The Morgan fingerprint density at radius 1 is 1.08 bits per heavy atom. The van der Waals surface area contributed by atoms with Crippen molar-refractivity contribution in [2.75, 3.05) is 7.05 Å². The Kier molecular flexibility index (Phi) is 4.88. The number of carbonyl (C=O) groups excluding carboxylic acids is 1. The molecule has 1 amide bonds. The maximum atomic E-state index is 13.8. The fraction of sp³-hybridized carbons (Fsp3) is 0.263. The molecule has 0 aliphatic rings. The second-order valence-corrected chi connectivity index (χ2v) is 6.09. The van der Waals surface area contributed by atoms with Gasteiger partial charge in [0.25, 0.3) is 0 Å². The molecule has 3 aromatic rings. The van der Waals surface area contributed by atoms with Crippen molar-refractivity contribution in [1.82, 2.24) is 14.0 Å². The molecule has 7 heteroatoms. The van der Waals surface area contributed by atoms with Gasteiger partial charge in [0.05, 0.1) is 11.0 Å². The fourth-order valence-electron chi connectivity index (χ4n) is 2.98. The van der Waals surface area contributed by atoms with Crippen LogP contribution in [0.3, 0.4) is 0 Å². The van der Waals surface area contributed by atoms with Crippen molar-refractivity contribution < 1.29 is 13.6 Å². The van der Waals surface area contributed by atoms with Gasteiger partial charge in [0, 0.05) is 31.8 Å². The van der Waals surface area contributed by atoms with E-state index in [0.29, 0.717) is 12.1 Å². The number of imidazole rings is 1. The van der Waals surface area contributed by atoms with Crippen LogP contribution >= 0.6 is 0 Å². The molecule has 2 aromatic carbocycles. The zero-order valence-corrected chi connectivity index (χ0v) is 14.6. The fourth-order valence-corrected chi connectivity index (χ4v) is 2.98. The number of likely N-dealkylation sites (N-methyl/N-ethyl adjacent to an activating group) is 1. The number of para-hydroxylation sites is 2. The summed E-state index contributed by atoms with van der Waals surface area (Å²) in [5, 5.41) is 0. The topological polar surface area (TPSA) is 47.2 Å². The molecule has 0 atom stereocenters. The maximum absolute atomic E-state index is 13.8. The Hall–Kier alpha value is -2.96. The number of aromatic nitrogens is 2. The second-order valence-electron chi connectivity index (χ2n) is 6.09. The first-order valence-electron chi connectivity index (χ1n) is 8.28. The highest BCUT2D eigenvalue weighted by molar-refractivity contribution is 5.80. The number of amides is 1. The van der Waals surface area contributed by atoms with Crippen LogP contribution in [0.5, 0.6) is 0 Å². The molecule has 0 saturated heterocycles. The minimum atomic E-state index is -0.704. The molecular weight excluding hydrogens is 340 g/mol. The molecule has 5 nitrogen and oxygen atoms in total. The average Bonchev–Trinajstić information content (AvgIpc) is 2.88. The predicted octanol–water partition coefficient (Wildman–Crippen LogP) is 2.76. The van der Waals surface area contributed by atoms with Crippen molar-refractivity contribution in [1.29, 1.82) is 0 Å². The van der Waals surface area contributed by atoms with Gasteiger partial charge in [-0.25, -0.2) is 13.6 Å². The number of rotatable bonds is 5. The van der Waals surface area contributed by atoms with E-state index in [-0.39, 0.29) is 30.2 Å². The van der Waals surface area contributed by atoms with Gasteiger partial charge in [-0.15, -0.1) is 0 Å². The van der Waals surface area contributed by atoms with Crippen LogP contribution in [-0.2, 0) is 24.4 Å². The summed E-state index contributed by atoms with van der Waals surface area (Å²) in [6.45, 7) is 2.21. The van der Waals surface area contributed by atoms with Gasteiger partial charge in [0.1, 0.15) is 18.2 Å². The zero-order chi connectivity index (χ0) is 18.8. The summed E-state index contributed by atoms with van der Waals surface area (Å²) in [6, 6.07) is 10.5. The van der Waals surface area contributed by atoms with Gasteiger partial charge in [-0.05, 0) is 25.1 Å². The number of hydrogen-bond acceptors (Lipinski definition) is 2. The first kappa shape index (κ1) is 17.8. The van der Waals surface area contributed by atoms with Gasteiger partial charge in [0.2, 0.25) is 5.91 Å². The van der Waals surface area contributed by atoms with E-state index in [9.17, 15) is 18.4 Å². The smallest absolute Gasteiger partial charge is 0.329 e. The monoisotopic (exact) mass is 359 g/mol. The highest BCUT2D eigenvalue weighted by Gasteiger charge is 2.17. The quantitative estimate of drug-likeness (QED) is 0.703. The van der Waals surface area contributed by atoms with E-state index in [2.05, 4.69) is 0 Å². The Morgan fingerprint density at radius 3 is 2.35 bits per heavy atom. The number of fused-ring (bicyclic) bond motifs is 1. The summed E-state index contributed by atoms with van der Waals surface area (Å²) in [7, 11) is 1.52. The largest absolute Gasteiger partial charge is 0.340 e. The standard InChI is InChI=1S/C19H19F2N3O2/c1-3-23-16-6-4-5-7-17(16)24(19(23)26)12-18(25)22(2)11-13-8-9-14(20)10-15(13)21/h4-10H,3,11-12H2,1-2H3. The minimum Gasteiger partial charge on any atom is -0.340 e. The summed E-state index contributed by atoms with van der Waals surface area (Å²) >= 11 is 0. The molecule has 3 rings (SSSR count). The molecule has 26 heavy (non-hydrogen) atoms. The molecule has 0 spiro atoms. The summed E-state index contributed by atoms with van der Waals surface area (Å²) in [5.74, 6) is -1.71. The first-order valence-corrected chi connectivity index (χ1v) is 8.28. The Morgan fingerprint density at radius 2 is 1.73 bits per heavy atom. The third kappa shape index (κ3) is 3.24. The lowest BCUT2D eigenvalue weighted by molar-refractivity contribution is -0.131. The molecule has 0 N–H and O–H groups in total. The van der Waals surface area contributed by atoms with Crippen LogP contribution in [0.15, 0.2) is 47.3 Å². The summed E-state index contributed by atoms with van der Waals surface area (Å²) in [6.07, 6.45) is 0. The summed E-state index contributed by atoms with van der Waals surface area (Å²) in [5.41, 5.74) is 1.39. The van der Waals surface area contributed by atoms with Crippen LogP contribution in [0.25, 0.3) is 11.0 Å². The number of carbonyl (C=O) groups is 1. The van der Waals surface area contributed by atoms with E-state index < -0.39 is 11.6 Å². The van der Waals surface area contributed by atoms with Gasteiger partial charge in [-0.1, -0.05) is 18.2 Å². The zero-order valence-electron chi connectivity index (χ0n) is 14.6. The van der Waals surface area contributed by atoms with Crippen LogP contribution in [0.1, 0.15) is 12.5 Å². The number of aryl methyl sites for hydroxylation is 1. The molecule has 0 fully saturated rings. The van der Waals surface area contributed by atoms with Gasteiger partial charge in [-0.2, -0.15) is 0 Å². The minimum absolute atomic E-state index is 0.00782. The van der Waals surface area contributed by atoms with Gasteiger partial charge in [0.15, 0.2) is 0 Å². The lowest BCUT2D eigenvalue weighted by Crippen LogP contribution is -2.34. The van der Waals surface area contributed by atoms with Crippen molar-refractivity contribution in [2.24, 2.45) is 0 Å². The van der Waals surface area contributed by atoms with Gasteiger partial charge >= 0.3 is 5.69 Å². The Labute approximate surface area is 149 Å². The van der Waals surface area contributed by atoms with Crippen molar-refractivity contribution in [2.45, 2.75) is 26.6 Å². The molecule has 136 valence electrons. The van der Waals surface area contributed by atoms with Crippen LogP contribution in [0.4, 0.5) is 8.78 Å². The number of halogens is 2. The predicted molar refractivity (Wildman–Crippen MR) is 94.7 cm³/mol. The van der Waals surface area contributed by atoms with E-state index in [1.54, 1.807) is 16.7 Å². The van der Waals surface area contributed by atoms with Crippen molar-refractivity contribution in [3.05, 3.63) is 70.1 Å². The average molecular weight is 359 g/mol. The molecule has 0 unspecified atom stereocenters. The maximum Gasteiger partial charge on any atom is 0.329 e. The lowest BCUT2D eigenvalue weighted by Gasteiger charge is -2.18. The van der Waals surface area contributed by atoms with Crippen LogP contribution in [0.2, 0.25) is 0 Å². The lowest BCUT2D eigenvalue weighted by atomic mass is 10.2. The second kappa shape index (κ2) is 7.11. The third-order valence-corrected chi connectivity index (χ3v) is 4.38. The SMILES string of the molecule is CCn1c(=O)n(CC(=O)N(C)Cc2ccc(F)cc2F)c2ccccc21. The summed E-state index contributed by atoms with van der Waals surface area (Å²) in [4.78, 5) is 26.5. The normalized spacial score (nSPS) is 11.1. The number of hydrogen-bond donors (Lipinski definition) is 0. The third-order valence-electron chi connectivity index (χ3n) is 4.38. The molecule has 1 heterocycles. The van der Waals surface area contributed by atoms with E-state index in [0.717, 1.165) is 17.6 Å². The van der Waals surface area contributed by atoms with Crippen molar-refractivity contribution in [3.8, 4) is 0 Å². The molecule has 0 bridgehead atoms. The first-order chi connectivity index (χ1) is 12.4. The highest BCUT2D eigenvalue weighted by atomic mass is 19.1. The molecule has 1 aromatic heterocycles. The highest BCUT2D eigenvalue weighted by Crippen LogP contribution is 2.14. The number of nitrogens with zero attached hydrogens (tertiary/aromatic N) is 3. The number of benzene rings is 2. The van der Waals surface area contributed by atoms with E-state index in [1.165, 1.54) is 22.6 Å². The molecule has 0 aliphatic carbocycles. The Bertz CT molecular complexity index is 1020. The van der Waals surface area contributed by atoms with Crippen LogP contribution in [-0.4, -0.2) is 27.0 Å². The van der Waals surface area contributed by atoms with E-state index in [1.807, 2.05) is 19.1 Å². The van der Waals surface area contributed by atoms with Gasteiger partial charge in [-0.3, -0.25) is 13.9 Å². The van der Waals surface area contributed by atoms with E-state index in [4.69, 9.17) is 0 Å². The molecule has 0 saturated carbocycles. The van der Waals surface area contributed by atoms with Crippen molar-refractivity contribution >= 4 is 16.9 Å². The Balaban J connectivity index is 1.85. The molecule has 0 radical (unpaired) electrons. The van der Waals surface area contributed by atoms with Crippen molar-refractivity contribution in [3.63, 3.8) is 0 Å². The van der Waals surface area contributed by atoms with Crippen LogP contribution < -0.4 is 5.69 Å². The van der Waals surface area contributed by atoms with E-state index >= 15 is 0 Å². The van der Waals surface area contributed by atoms with Crippen LogP contribution in [0, 0.1) is 11.6 Å².